The van der Waals surface area contributed by atoms with Crippen molar-refractivity contribution in [2.24, 2.45) is 0 Å². The van der Waals surface area contributed by atoms with E-state index < -0.39 is 0 Å². The minimum absolute atomic E-state index is 0.0277. The summed E-state index contributed by atoms with van der Waals surface area (Å²) in [6.07, 6.45) is 1.45. The highest BCUT2D eigenvalue weighted by Crippen LogP contribution is 2.21. The van der Waals surface area contributed by atoms with Gasteiger partial charge in [-0.15, -0.1) is 0 Å². The maximum absolute atomic E-state index is 13.4. The molecule has 0 bridgehead atoms. The molecule has 0 unspecified atom stereocenters. The number of anilines is 1. The maximum Gasteiger partial charge on any atom is 0.251 e. The summed E-state index contributed by atoms with van der Waals surface area (Å²) >= 11 is 0. The number of rotatable bonds is 6. The number of morpholine rings is 1. The van der Waals surface area contributed by atoms with Gasteiger partial charge in [-0.1, -0.05) is 12.1 Å². The monoisotopic (exact) mass is 412 g/mol. The number of halogens is 1. The van der Waals surface area contributed by atoms with Gasteiger partial charge in [-0.3, -0.25) is 9.59 Å². The number of carbonyl (C=O) groups excluding carboxylic acids is 2. The fourth-order valence-electron chi connectivity index (χ4n) is 4.19. The van der Waals surface area contributed by atoms with E-state index in [0.29, 0.717) is 31.7 Å². The van der Waals surface area contributed by atoms with E-state index in [9.17, 15) is 14.0 Å². The molecule has 6 nitrogen and oxygen atoms in total. The third-order valence-corrected chi connectivity index (χ3v) is 5.88. The van der Waals surface area contributed by atoms with Crippen LogP contribution in [0, 0.1) is 5.82 Å². The zero-order chi connectivity index (χ0) is 20.9. The van der Waals surface area contributed by atoms with Crippen LogP contribution in [0.25, 0.3) is 0 Å². The number of nitrogens with one attached hydrogen (secondary N) is 2. The van der Waals surface area contributed by atoms with Crippen LogP contribution in [-0.4, -0.2) is 51.2 Å². The first-order valence-corrected chi connectivity index (χ1v) is 10.5. The first-order valence-electron chi connectivity index (χ1n) is 10.5. The van der Waals surface area contributed by atoms with Gasteiger partial charge in [-0.25, -0.2) is 4.39 Å². The lowest BCUT2D eigenvalue weighted by molar-refractivity contribution is -0.937. The lowest BCUT2D eigenvalue weighted by Crippen LogP contribution is -3.15. The van der Waals surface area contributed by atoms with Gasteiger partial charge in [-0.05, 0) is 42.8 Å². The molecule has 2 aliphatic rings. The highest BCUT2D eigenvalue weighted by Gasteiger charge is 2.27. The fourth-order valence-corrected chi connectivity index (χ4v) is 4.19. The number of hydrogen-bond acceptors (Lipinski definition) is 3. The Hall–Kier alpha value is -2.77. The minimum atomic E-state index is -0.268. The molecule has 2 aliphatic heterocycles. The van der Waals surface area contributed by atoms with Gasteiger partial charge in [0.25, 0.3) is 5.91 Å². The van der Waals surface area contributed by atoms with Crippen molar-refractivity contribution in [2.75, 3.05) is 44.3 Å². The van der Waals surface area contributed by atoms with E-state index in [-0.39, 0.29) is 23.7 Å². The van der Waals surface area contributed by atoms with Gasteiger partial charge >= 0.3 is 0 Å². The summed E-state index contributed by atoms with van der Waals surface area (Å²) in [6.45, 7) is 4.22. The Balaban J connectivity index is 1.42. The predicted molar refractivity (Wildman–Crippen MR) is 111 cm³/mol. The topological polar surface area (TPSA) is 63.1 Å². The van der Waals surface area contributed by atoms with Gasteiger partial charge in [-0.2, -0.15) is 0 Å². The molecule has 0 spiro atoms. The van der Waals surface area contributed by atoms with E-state index in [0.717, 1.165) is 37.3 Å². The number of ether oxygens (including phenoxy) is 1. The Bertz CT molecular complexity index is 880. The summed E-state index contributed by atoms with van der Waals surface area (Å²) in [4.78, 5) is 27.7. The number of amides is 2. The molecule has 0 aliphatic carbocycles. The molecule has 7 heteroatoms. The molecule has 0 aromatic heterocycles. The molecule has 30 heavy (non-hydrogen) atoms. The maximum atomic E-state index is 13.4. The van der Waals surface area contributed by atoms with E-state index in [1.54, 1.807) is 29.2 Å². The van der Waals surface area contributed by atoms with Crippen molar-refractivity contribution in [3.8, 4) is 0 Å². The van der Waals surface area contributed by atoms with Crippen LogP contribution in [0.1, 0.15) is 34.8 Å². The van der Waals surface area contributed by atoms with Crippen LogP contribution in [0.5, 0.6) is 0 Å². The Kier molecular flexibility index (Phi) is 6.40. The lowest BCUT2D eigenvalue weighted by Gasteiger charge is -2.32. The summed E-state index contributed by atoms with van der Waals surface area (Å²) < 4.78 is 18.8. The van der Waals surface area contributed by atoms with Crippen LogP contribution in [0.2, 0.25) is 0 Å². The SMILES string of the molecule is O=C(NC[C@H](c1ccc(F)cc1)[NH+]1CCOCC1)c1ccc(N2CCCC2=O)cc1. The molecule has 2 fully saturated rings. The molecule has 2 aromatic rings. The van der Waals surface area contributed by atoms with Gasteiger partial charge < -0.3 is 19.9 Å². The molecular formula is C23H27FN3O3+. The Morgan fingerprint density at radius 2 is 1.80 bits per heavy atom. The van der Waals surface area contributed by atoms with Crippen LogP contribution in [-0.2, 0) is 9.53 Å². The van der Waals surface area contributed by atoms with Gasteiger partial charge in [0.05, 0.1) is 19.8 Å². The summed E-state index contributed by atoms with van der Waals surface area (Å²) in [5.74, 6) is -0.299. The highest BCUT2D eigenvalue weighted by atomic mass is 19.1. The Morgan fingerprint density at radius 1 is 1.10 bits per heavy atom. The largest absolute Gasteiger partial charge is 0.370 e. The van der Waals surface area contributed by atoms with Crippen molar-refractivity contribution in [1.29, 1.82) is 0 Å². The van der Waals surface area contributed by atoms with Crippen molar-refractivity contribution >= 4 is 17.5 Å². The molecule has 2 saturated heterocycles. The van der Waals surface area contributed by atoms with Crippen molar-refractivity contribution < 1.29 is 23.6 Å². The number of hydrogen-bond donors (Lipinski definition) is 2. The second kappa shape index (κ2) is 9.36. The van der Waals surface area contributed by atoms with Crippen molar-refractivity contribution in [1.82, 2.24) is 5.32 Å². The van der Waals surface area contributed by atoms with Crippen LogP contribution in [0.4, 0.5) is 10.1 Å². The average Bonchev–Trinajstić information content (AvgIpc) is 3.21. The Morgan fingerprint density at radius 3 is 2.43 bits per heavy atom. The second-order valence-electron chi connectivity index (χ2n) is 7.78. The van der Waals surface area contributed by atoms with Gasteiger partial charge in [0, 0.05) is 29.8 Å². The zero-order valence-corrected chi connectivity index (χ0v) is 16.9. The van der Waals surface area contributed by atoms with Crippen molar-refractivity contribution in [3.63, 3.8) is 0 Å². The summed E-state index contributed by atoms with van der Waals surface area (Å²) in [6, 6.07) is 13.7. The molecule has 2 amide bonds. The quantitative estimate of drug-likeness (QED) is 0.753. The number of carbonyl (C=O) groups is 2. The summed E-state index contributed by atoms with van der Waals surface area (Å²) in [7, 11) is 0. The van der Waals surface area contributed by atoms with Crippen molar-refractivity contribution in [3.05, 3.63) is 65.5 Å². The van der Waals surface area contributed by atoms with E-state index in [2.05, 4.69) is 5.32 Å². The zero-order valence-electron chi connectivity index (χ0n) is 16.9. The molecule has 4 rings (SSSR count). The predicted octanol–water partition coefficient (Wildman–Crippen LogP) is 1.34. The van der Waals surface area contributed by atoms with Crippen LogP contribution >= 0.6 is 0 Å². The second-order valence-corrected chi connectivity index (χ2v) is 7.78. The fraction of sp³-hybridized carbons (Fsp3) is 0.391. The molecule has 2 heterocycles. The normalized spacial score (nSPS) is 18.4. The first-order chi connectivity index (χ1) is 14.6. The third kappa shape index (κ3) is 4.68. The van der Waals surface area contributed by atoms with Crippen LogP contribution < -0.4 is 15.1 Å². The average molecular weight is 412 g/mol. The lowest BCUT2D eigenvalue weighted by atomic mass is 10.0. The summed E-state index contributed by atoms with van der Waals surface area (Å²) in [5, 5.41) is 3.03. The third-order valence-electron chi connectivity index (χ3n) is 5.88. The molecule has 2 N–H and O–H groups in total. The molecular weight excluding hydrogens is 385 g/mol. The molecule has 0 radical (unpaired) electrons. The summed E-state index contributed by atoms with van der Waals surface area (Å²) in [5.41, 5.74) is 2.38. The molecule has 158 valence electrons. The number of quaternary nitrogens is 1. The van der Waals surface area contributed by atoms with Gasteiger partial charge in [0.2, 0.25) is 5.91 Å². The smallest absolute Gasteiger partial charge is 0.251 e. The first kappa shape index (κ1) is 20.5. The molecule has 0 saturated carbocycles. The van der Waals surface area contributed by atoms with Gasteiger partial charge in [0.15, 0.2) is 0 Å². The van der Waals surface area contributed by atoms with E-state index in [1.165, 1.54) is 17.0 Å². The van der Waals surface area contributed by atoms with Gasteiger partial charge in [0.1, 0.15) is 24.9 Å². The molecule has 1 atom stereocenters. The van der Waals surface area contributed by atoms with E-state index >= 15 is 0 Å². The van der Waals surface area contributed by atoms with Crippen molar-refractivity contribution in [2.45, 2.75) is 18.9 Å². The standard InChI is InChI=1S/C23H26FN3O3/c24-19-7-3-17(4-8-19)21(26-12-14-30-15-13-26)16-25-23(29)18-5-9-20(10-6-18)27-11-1-2-22(27)28/h3-10,21H,1-2,11-16H2,(H,25,29)/p+1/t21-/m1/s1. The van der Waals surface area contributed by atoms with E-state index in [4.69, 9.17) is 4.74 Å². The highest BCUT2D eigenvalue weighted by molar-refractivity contribution is 5.97. The van der Waals surface area contributed by atoms with Crippen LogP contribution in [0.3, 0.4) is 0 Å². The number of nitrogens with zero attached hydrogens (tertiary/aromatic N) is 1. The molecule has 2 aromatic carbocycles. The minimum Gasteiger partial charge on any atom is -0.370 e. The number of benzene rings is 2. The van der Waals surface area contributed by atoms with E-state index in [1.807, 2.05) is 12.1 Å². The van der Waals surface area contributed by atoms with Crippen LogP contribution in [0.15, 0.2) is 48.5 Å². The Labute approximate surface area is 175 Å².